The first-order chi connectivity index (χ1) is 5.82. The minimum atomic E-state index is 0.0810. The van der Waals surface area contributed by atoms with Crippen molar-refractivity contribution in [2.24, 2.45) is 17.6 Å². The summed E-state index contributed by atoms with van der Waals surface area (Å²) in [6.07, 6.45) is 5.32. The van der Waals surface area contributed by atoms with Gasteiger partial charge in [-0.3, -0.25) is 0 Å². The Labute approximate surface area is 74.5 Å². The molecular formula is C10H19NO. The Morgan fingerprint density at radius 1 is 1.42 bits per heavy atom. The van der Waals surface area contributed by atoms with Gasteiger partial charge in [-0.25, -0.2) is 0 Å². The van der Waals surface area contributed by atoms with Crippen LogP contribution in [0.5, 0.6) is 0 Å². The largest absolute Gasteiger partial charge is 0.374 e. The van der Waals surface area contributed by atoms with Gasteiger partial charge in [0.2, 0.25) is 0 Å². The van der Waals surface area contributed by atoms with Gasteiger partial charge in [0.05, 0.1) is 5.60 Å². The van der Waals surface area contributed by atoms with Crippen molar-refractivity contribution >= 4 is 0 Å². The molecule has 2 aliphatic rings. The van der Waals surface area contributed by atoms with Crippen molar-refractivity contribution in [1.29, 1.82) is 0 Å². The fourth-order valence-electron chi connectivity index (χ4n) is 3.00. The van der Waals surface area contributed by atoms with Gasteiger partial charge in [-0.15, -0.1) is 0 Å². The van der Waals surface area contributed by atoms with Gasteiger partial charge in [0.15, 0.2) is 0 Å². The van der Waals surface area contributed by atoms with Gasteiger partial charge in [0.25, 0.3) is 0 Å². The van der Waals surface area contributed by atoms with E-state index >= 15 is 0 Å². The van der Waals surface area contributed by atoms with Crippen LogP contribution < -0.4 is 5.73 Å². The predicted octanol–water partition coefficient (Wildman–Crippen LogP) is 1.54. The maximum Gasteiger partial charge on any atom is 0.0834 e. The minimum absolute atomic E-state index is 0.0810. The summed E-state index contributed by atoms with van der Waals surface area (Å²) in [5.74, 6) is 1.74. The number of fused-ring (bicyclic) bond motifs is 1. The summed E-state index contributed by atoms with van der Waals surface area (Å²) in [6.45, 7) is 3.62. The van der Waals surface area contributed by atoms with E-state index in [0.717, 1.165) is 25.0 Å². The number of nitrogens with two attached hydrogens (primary N) is 1. The summed E-state index contributed by atoms with van der Waals surface area (Å²) in [6, 6.07) is 0. The Hall–Kier alpha value is -0.0800. The zero-order valence-corrected chi connectivity index (χ0v) is 7.88. The van der Waals surface area contributed by atoms with Gasteiger partial charge in [0, 0.05) is 13.2 Å². The summed E-state index contributed by atoms with van der Waals surface area (Å²) in [5.41, 5.74) is 5.90. The van der Waals surface area contributed by atoms with Crippen molar-refractivity contribution in [3.8, 4) is 0 Å². The molecule has 2 saturated carbocycles. The Morgan fingerprint density at radius 2 is 2.25 bits per heavy atom. The molecule has 2 aliphatic carbocycles. The molecule has 0 aromatic carbocycles. The Kier molecular flexibility index (Phi) is 2.13. The van der Waals surface area contributed by atoms with Crippen molar-refractivity contribution in [2.45, 2.75) is 38.2 Å². The second-order valence-corrected chi connectivity index (χ2v) is 4.18. The van der Waals surface area contributed by atoms with Crippen molar-refractivity contribution < 1.29 is 4.74 Å². The maximum absolute atomic E-state index is 5.85. The van der Waals surface area contributed by atoms with Gasteiger partial charge in [0.1, 0.15) is 0 Å². The third kappa shape index (κ3) is 1.01. The highest BCUT2D eigenvalue weighted by atomic mass is 16.5. The lowest BCUT2D eigenvalue weighted by Crippen LogP contribution is -2.48. The van der Waals surface area contributed by atoms with Crippen LogP contribution in [-0.2, 0) is 4.74 Å². The first kappa shape index (κ1) is 8.52. The third-order valence-electron chi connectivity index (χ3n) is 3.81. The quantitative estimate of drug-likeness (QED) is 0.695. The van der Waals surface area contributed by atoms with E-state index in [4.69, 9.17) is 10.5 Å². The highest BCUT2D eigenvalue weighted by Gasteiger charge is 2.52. The smallest absolute Gasteiger partial charge is 0.0834 e. The topological polar surface area (TPSA) is 35.2 Å². The van der Waals surface area contributed by atoms with E-state index in [9.17, 15) is 0 Å². The fourth-order valence-corrected chi connectivity index (χ4v) is 3.00. The van der Waals surface area contributed by atoms with E-state index < -0.39 is 0 Å². The standard InChI is InChI=1S/C10H19NO/c1-2-12-10(7-11)6-5-8-3-4-9(8)10/h8-9H,2-7,11H2,1H3. The van der Waals surface area contributed by atoms with E-state index in [2.05, 4.69) is 6.92 Å². The Bertz CT molecular complexity index is 167. The van der Waals surface area contributed by atoms with Crippen molar-refractivity contribution in [3.05, 3.63) is 0 Å². The van der Waals surface area contributed by atoms with Crippen LogP contribution in [-0.4, -0.2) is 18.8 Å². The molecule has 0 aliphatic heterocycles. The SMILES string of the molecule is CCOC1(CN)CCC2CCC21. The van der Waals surface area contributed by atoms with E-state index in [1.807, 2.05) is 0 Å². The Morgan fingerprint density at radius 3 is 2.67 bits per heavy atom. The number of hydrogen-bond acceptors (Lipinski definition) is 2. The van der Waals surface area contributed by atoms with Gasteiger partial charge in [-0.2, -0.15) is 0 Å². The lowest BCUT2D eigenvalue weighted by Gasteiger charge is -2.42. The summed E-state index contributed by atoms with van der Waals surface area (Å²) >= 11 is 0. The molecule has 2 nitrogen and oxygen atoms in total. The average molecular weight is 169 g/mol. The minimum Gasteiger partial charge on any atom is -0.374 e. The van der Waals surface area contributed by atoms with Gasteiger partial charge >= 0.3 is 0 Å². The number of rotatable bonds is 3. The molecule has 0 spiro atoms. The van der Waals surface area contributed by atoms with Crippen LogP contribution in [0.2, 0.25) is 0 Å². The van der Waals surface area contributed by atoms with Gasteiger partial charge in [-0.1, -0.05) is 0 Å². The number of ether oxygens (including phenoxy) is 1. The van der Waals surface area contributed by atoms with Crippen molar-refractivity contribution in [2.75, 3.05) is 13.2 Å². The molecule has 0 aromatic heterocycles. The van der Waals surface area contributed by atoms with E-state index in [1.54, 1.807) is 0 Å². The van der Waals surface area contributed by atoms with Crippen LogP contribution in [0.4, 0.5) is 0 Å². The molecule has 0 radical (unpaired) electrons. The maximum atomic E-state index is 5.85. The summed E-state index contributed by atoms with van der Waals surface area (Å²) in [4.78, 5) is 0. The molecule has 0 amide bonds. The van der Waals surface area contributed by atoms with E-state index in [-0.39, 0.29) is 5.60 Å². The summed E-state index contributed by atoms with van der Waals surface area (Å²) < 4.78 is 5.85. The molecular weight excluding hydrogens is 150 g/mol. The van der Waals surface area contributed by atoms with E-state index in [1.165, 1.54) is 25.7 Å². The zero-order chi connectivity index (χ0) is 8.60. The average Bonchev–Trinajstić information content (AvgIpc) is 2.24. The first-order valence-corrected chi connectivity index (χ1v) is 5.16. The molecule has 2 rings (SSSR count). The second kappa shape index (κ2) is 3.00. The Balaban J connectivity index is 2.06. The molecule has 2 fully saturated rings. The number of hydrogen-bond donors (Lipinski definition) is 1. The van der Waals surface area contributed by atoms with Crippen LogP contribution >= 0.6 is 0 Å². The fraction of sp³-hybridized carbons (Fsp3) is 1.00. The van der Waals surface area contributed by atoms with Gasteiger partial charge < -0.3 is 10.5 Å². The highest BCUT2D eigenvalue weighted by Crippen LogP contribution is 2.53. The summed E-state index contributed by atoms with van der Waals surface area (Å²) in [7, 11) is 0. The van der Waals surface area contributed by atoms with Crippen LogP contribution in [0.15, 0.2) is 0 Å². The molecule has 2 N–H and O–H groups in total. The monoisotopic (exact) mass is 169 g/mol. The van der Waals surface area contributed by atoms with Crippen molar-refractivity contribution in [1.82, 2.24) is 0 Å². The van der Waals surface area contributed by atoms with Crippen LogP contribution in [0.3, 0.4) is 0 Å². The normalized spacial score (nSPS) is 45.5. The molecule has 3 unspecified atom stereocenters. The van der Waals surface area contributed by atoms with E-state index in [0.29, 0.717) is 0 Å². The predicted molar refractivity (Wildman–Crippen MR) is 48.9 cm³/mol. The van der Waals surface area contributed by atoms with Crippen LogP contribution in [0.1, 0.15) is 32.6 Å². The third-order valence-corrected chi connectivity index (χ3v) is 3.81. The molecule has 0 bridgehead atoms. The zero-order valence-electron chi connectivity index (χ0n) is 7.88. The van der Waals surface area contributed by atoms with Gasteiger partial charge in [-0.05, 0) is 44.4 Å². The molecule has 3 atom stereocenters. The van der Waals surface area contributed by atoms with Crippen molar-refractivity contribution in [3.63, 3.8) is 0 Å². The molecule has 12 heavy (non-hydrogen) atoms. The molecule has 0 aromatic rings. The highest BCUT2D eigenvalue weighted by molar-refractivity contribution is 5.04. The molecule has 2 heteroatoms. The molecule has 0 saturated heterocycles. The second-order valence-electron chi connectivity index (χ2n) is 4.18. The first-order valence-electron chi connectivity index (χ1n) is 5.16. The molecule has 70 valence electrons. The lowest BCUT2D eigenvalue weighted by atomic mass is 9.70. The summed E-state index contributed by atoms with van der Waals surface area (Å²) in [5, 5.41) is 0. The van der Waals surface area contributed by atoms with Crippen LogP contribution in [0.25, 0.3) is 0 Å². The molecule has 0 heterocycles. The lowest BCUT2D eigenvalue weighted by molar-refractivity contribution is -0.0871. The van der Waals surface area contributed by atoms with Crippen LogP contribution in [0, 0.1) is 11.8 Å².